The van der Waals surface area contributed by atoms with Crippen LogP contribution < -0.4 is 5.32 Å². The lowest BCUT2D eigenvalue weighted by atomic mass is 10.2. The van der Waals surface area contributed by atoms with E-state index < -0.39 is 0 Å². The third-order valence-electron chi connectivity index (χ3n) is 2.93. The Morgan fingerprint density at radius 1 is 1.33 bits per heavy atom. The average Bonchev–Trinajstić information content (AvgIpc) is 2.77. The number of nitrogens with zero attached hydrogens (tertiary/aromatic N) is 4. The van der Waals surface area contributed by atoms with E-state index in [0.717, 1.165) is 17.2 Å². The van der Waals surface area contributed by atoms with E-state index in [0.29, 0.717) is 18.7 Å². The van der Waals surface area contributed by atoms with E-state index in [1.54, 1.807) is 4.68 Å². The molecule has 0 saturated carbocycles. The number of anilines is 1. The van der Waals surface area contributed by atoms with Gasteiger partial charge in [0, 0.05) is 31.8 Å². The first kappa shape index (κ1) is 12.6. The summed E-state index contributed by atoms with van der Waals surface area (Å²) >= 11 is 0. The van der Waals surface area contributed by atoms with Gasteiger partial charge in [0.15, 0.2) is 0 Å². The van der Waals surface area contributed by atoms with Gasteiger partial charge in [0.1, 0.15) is 5.82 Å². The largest absolute Gasteiger partial charge is 0.366 e. The minimum Gasteiger partial charge on any atom is -0.366 e. The summed E-state index contributed by atoms with van der Waals surface area (Å²) in [7, 11) is 1.86. The van der Waals surface area contributed by atoms with Crippen molar-refractivity contribution in [2.45, 2.75) is 33.9 Å². The van der Waals surface area contributed by atoms with Crippen molar-refractivity contribution in [2.24, 2.45) is 7.05 Å². The molecule has 6 heteroatoms. The van der Waals surface area contributed by atoms with Gasteiger partial charge < -0.3 is 5.32 Å². The van der Waals surface area contributed by atoms with Crippen molar-refractivity contribution in [1.82, 2.24) is 19.6 Å². The first-order chi connectivity index (χ1) is 8.52. The molecule has 2 heterocycles. The normalized spacial score (nSPS) is 10.9. The summed E-state index contributed by atoms with van der Waals surface area (Å²) in [6.07, 6.45) is 0. The highest BCUT2D eigenvalue weighted by atomic mass is 19.1. The predicted octanol–water partition coefficient (Wildman–Crippen LogP) is 2.00. The van der Waals surface area contributed by atoms with E-state index >= 15 is 0 Å². The van der Waals surface area contributed by atoms with Crippen LogP contribution in [-0.4, -0.2) is 19.6 Å². The second-order valence-corrected chi connectivity index (χ2v) is 4.32. The van der Waals surface area contributed by atoms with Crippen LogP contribution in [0.25, 0.3) is 0 Å². The van der Waals surface area contributed by atoms with Gasteiger partial charge in [-0.1, -0.05) is 0 Å². The van der Waals surface area contributed by atoms with Crippen LogP contribution in [0, 0.1) is 19.8 Å². The van der Waals surface area contributed by atoms with Crippen LogP contribution in [-0.2, 0) is 20.1 Å². The van der Waals surface area contributed by atoms with E-state index in [1.165, 1.54) is 4.68 Å². The van der Waals surface area contributed by atoms with Gasteiger partial charge in [-0.3, -0.25) is 4.68 Å². The van der Waals surface area contributed by atoms with Crippen LogP contribution in [0.4, 0.5) is 10.2 Å². The molecule has 0 aliphatic carbocycles. The number of hydrogen-bond donors (Lipinski definition) is 1. The van der Waals surface area contributed by atoms with Crippen molar-refractivity contribution in [3.63, 3.8) is 0 Å². The summed E-state index contributed by atoms with van der Waals surface area (Å²) in [5.41, 5.74) is 2.26. The highest BCUT2D eigenvalue weighted by Crippen LogP contribution is 2.15. The van der Waals surface area contributed by atoms with Crippen molar-refractivity contribution >= 4 is 5.82 Å². The molecule has 0 radical (unpaired) electrons. The van der Waals surface area contributed by atoms with Gasteiger partial charge in [-0.25, -0.2) is 4.68 Å². The van der Waals surface area contributed by atoms with E-state index in [9.17, 15) is 4.39 Å². The van der Waals surface area contributed by atoms with Crippen molar-refractivity contribution in [3.8, 4) is 0 Å². The Bertz CT molecular complexity index is 555. The molecule has 5 nitrogen and oxygen atoms in total. The molecule has 0 aromatic carbocycles. The SMILES string of the molecule is CCn1nc(C)c(CNc2cc(C)nn2C)c1F. The first-order valence-electron chi connectivity index (χ1n) is 5.99. The summed E-state index contributed by atoms with van der Waals surface area (Å²) in [4.78, 5) is 0. The van der Waals surface area contributed by atoms with Gasteiger partial charge in [-0.2, -0.15) is 14.6 Å². The molecular formula is C12H18FN5. The lowest BCUT2D eigenvalue weighted by molar-refractivity contribution is 0.464. The Morgan fingerprint density at radius 2 is 2.06 bits per heavy atom. The van der Waals surface area contributed by atoms with Crippen LogP contribution in [0.5, 0.6) is 0 Å². The quantitative estimate of drug-likeness (QED) is 0.904. The zero-order valence-electron chi connectivity index (χ0n) is 11.2. The molecule has 0 saturated heterocycles. The number of aryl methyl sites for hydroxylation is 4. The van der Waals surface area contributed by atoms with Crippen molar-refractivity contribution in [2.75, 3.05) is 5.32 Å². The number of nitrogens with one attached hydrogen (secondary N) is 1. The first-order valence-corrected chi connectivity index (χ1v) is 5.99. The Hall–Kier alpha value is -1.85. The van der Waals surface area contributed by atoms with Crippen LogP contribution in [0.15, 0.2) is 6.07 Å². The molecule has 0 spiro atoms. The fourth-order valence-corrected chi connectivity index (χ4v) is 1.96. The molecule has 0 atom stereocenters. The molecule has 0 aliphatic heterocycles. The molecule has 0 bridgehead atoms. The molecular weight excluding hydrogens is 233 g/mol. The molecule has 1 N–H and O–H groups in total. The van der Waals surface area contributed by atoms with Crippen molar-refractivity contribution in [1.29, 1.82) is 0 Å². The molecule has 2 aromatic heterocycles. The lowest BCUT2D eigenvalue weighted by Crippen LogP contribution is -2.07. The van der Waals surface area contributed by atoms with E-state index in [2.05, 4.69) is 15.5 Å². The highest BCUT2D eigenvalue weighted by molar-refractivity contribution is 5.38. The smallest absolute Gasteiger partial charge is 0.216 e. The molecule has 2 rings (SSSR count). The topological polar surface area (TPSA) is 47.7 Å². The number of hydrogen-bond acceptors (Lipinski definition) is 3. The van der Waals surface area contributed by atoms with Gasteiger partial charge in [0.25, 0.3) is 0 Å². The Balaban J connectivity index is 2.15. The minimum atomic E-state index is -0.263. The van der Waals surface area contributed by atoms with Crippen molar-refractivity contribution < 1.29 is 4.39 Å². The minimum absolute atomic E-state index is 0.263. The molecule has 0 aliphatic rings. The maximum absolute atomic E-state index is 13.9. The molecule has 18 heavy (non-hydrogen) atoms. The van der Waals surface area contributed by atoms with Crippen LogP contribution in [0.3, 0.4) is 0 Å². The van der Waals surface area contributed by atoms with Crippen LogP contribution in [0.1, 0.15) is 23.9 Å². The predicted molar refractivity (Wildman–Crippen MR) is 67.9 cm³/mol. The van der Waals surface area contributed by atoms with Gasteiger partial charge >= 0.3 is 0 Å². The fourth-order valence-electron chi connectivity index (χ4n) is 1.96. The Kier molecular flexibility index (Phi) is 3.36. The molecule has 0 fully saturated rings. The van der Waals surface area contributed by atoms with Gasteiger partial charge in [0.05, 0.1) is 11.4 Å². The van der Waals surface area contributed by atoms with Crippen LogP contribution in [0.2, 0.25) is 0 Å². The average molecular weight is 251 g/mol. The standard InChI is InChI=1S/C12H18FN5/c1-5-18-12(13)10(9(3)16-18)7-14-11-6-8(2)15-17(11)4/h6,14H,5,7H2,1-4H3. The van der Waals surface area contributed by atoms with Gasteiger partial charge in [-0.05, 0) is 20.8 Å². The van der Waals surface area contributed by atoms with E-state index in [1.807, 2.05) is 33.9 Å². The van der Waals surface area contributed by atoms with Crippen molar-refractivity contribution in [3.05, 3.63) is 29.0 Å². The molecule has 0 amide bonds. The third-order valence-corrected chi connectivity index (χ3v) is 2.93. The maximum atomic E-state index is 13.9. The zero-order chi connectivity index (χ0) is 13.3. The summed E-state index contributed by atoms with van der Waals surface area (Å²) in [5.74, 6) is 0.608. The summed E-state index contributed by atoms with van der Waals surface area (Å²) in [6.45, 7) is 6.57. The lowest BCUT2D eigenvalue weighted by Gasteiger charge is -2.05. The zero-order valence-corrected chi connectivity index (χ0v) is 11.2. The monoisotopic (exact) mass is 251 g/mol. The van der Waals surface area contributed by atoms with Gasteiger partial charge in [-0.15, -0.1) is 0 Å². The Morgan fingerprint density at radius 3 is 2.56 bits per heavy atom. The summed E-state index contributed by atoms with van der Waals surface area (Å²) in [5, 5.41) is 11.6. The van der Waals surface area contributed by atoms with Gasteiger partial charge in [0.2, 0.25) is 5.95 Å². The second-order valence-electron chi connectivity index (χ2n) is 4.32. The van der Waals surface area contributed by atoms with E-state index in [-0.39, 0.29) is 5.95 Å². The number of halogens is 1. The molecule has 98 valence electrons. The summed E-state index contributed by atoms with van der Waals surface area (Å²) < 4.78 is 17.1. The second kappa shape index (κ2) is 4.80. The maximum Gasteiger partial charge on any atom is 0.216 e. The van der Waals surface area contributed by atoms with E-state index in [4.69, 9.17) is 0 Å². The van der Waals surface area contributed by atoms with Crippen LogP contribution >= 0.6 is 0 Å². The molecule has 0 unspecified atom stereocenters. The molecule has 2 aromatic rings. The summed E-state index contributed by atoms with van der Waals surface area (Å²) in [6, 6.07) is 1.93. The highest BCUT2D eigenvalue weighted by Gasteiger charge is 2.14. The third kappa shape index (κ3) is 2.23. The number of rotatable bonds is 4. The number of aromatic nitrogens is 4. The fraction of sp³-hybridized carbons (Fsp3) is 0.500. The Labute approximate surface area is 106 Å².